The maximum absolute atomic E-state index is 13.7. The minimum atomic E-state index is -0.335. The molecule has 0 saturated carbocycles. The summed E-state index contributed by atoms with van der Waals surface area (Å²) in [6.45, 7) is 0.832. The molecule has 2 aromatic rings. The van der Waals surface area contributed by atoms with Crippen molar-refractivity contribution in [1.82, 2.24) is 4.98 Å². The SMILES string of the molecule is C[NH+](C)CCc1c(F)[nH]c2cccc(O)c12. The van der Waals surface area contributed by atoms with E-state index < -0.39 is 0 Å². The molecule has 0 aliphatic carbocycles. The Kier molecular flexibility index (Phi) is 2.83. The molecule has 0 spiro atoms. The van der Waals surface area contributed by atoms with Crippen LogP contribution in [0, 0.1) is 5.95 Å². The molecule has 2 rings (SSSR count). The molecule has 4 heteroatoms. The van der Waals surface area contributed by atoms with Crippen molar-refractivity contribution in [2.75, 3.05) is 20.6 Å². The average molecular weight is 223 g/mol. The van der Waals surface area contributed by atoms with E-state index in [9.17, 15) is 9.50 Å². The van der Waals surface area contributed by atoms with Crippen molar-refractivity contribution in [3.63, 3.8) is 0 Å². The lowest BCUT2D eigenvalue weighted by molar-refractivity contribution is -0.858. The van der Waals surface area contributed by atoms with Crippen molar-refractivity contribution in [2.45, 2.75) is 6.42 Å². The molecule has 0 unspecified atom stereocenters. The van der Waals surface area contributed by atoms with Crippen molar-refractivity contribution in [1.29, 1.82) is 0 Å². The van der Waals surface area contributed by atoms with E-state index in [2.05, 4.69) is 4.98 Å². The summed E-state index contributed by atoms with van der Waals surface area (Å²) in [5, 5.41) is 10.3. The van der Waals surface area contributed by atoms with Gasteiger partial charge in [-0.2, -0.15) is 4.39 Å². The topological polar surface area (TPSA) is 40.5 Å². The van der Waals surface area contributed by atoms with E-state index in [1.165, 1.54) is 4.90 Å². The molecule has 3 nitrogen and oxygen atoms in total. The molecule has 1 heterocycles. The third kappa shape index (κ3) is 1.88. The van der Waals surface area contributed by atoms with Gasteiger partial charge in [0.1, 0.15) is 5.75 Å². The minimum Gasteiger partial charge on any atom is -0.507 e. The molecule has 1 aromatic heterocycles. The number of aromatic amines is 1. The van der Waals surface area contributed by atoms with E-state index in [1.807, 2.05) is 14.1 Å². The first-order valence-electron chi connectivity index (χ1n) is 5.36. The van der Waals surface area contributed by atoms with Gasteiger partial charge in [-0.3, -0.25) is 0 Å². The first kappa shape index (κ1) is 11.0. The highest BCUT2D eigenvalue weighted by atomic mass is 19.1. The van der Waals surface area contributed by atoms with Gasteiger partial charge in [-0.05, 0) is 12.1 Å². The van der Waals surface area contributed by atoms with Gasteiger partial charge in [-0.1, -0.05) is 6.07 Å². The molecule has 1 aromatic carbocycles. The number of rotatable bonds is 3. The van der Waals surface area contributed by atoms with Crippen molar-refractivity contribution in [2.24, 2.45) is 0 Å². The number of nitrogens with one attached hydrogen (secondary N) is 2. The monoisotopic (exact) mass is 223 g/mol. The number of aromatic hydroxyl groups is 1. The van der Waals surface area contributed by atoms with Crippen LogP contribution in [0.5, 0.6) is 5.75 Å². The zero-order valence-electron chi connectivity index (χ0n) is 9.47. The lowest BCUT2D eigenvalue weighted by Gasteiger charge is -2.06. The van der Waals surface area contributed by atoms with Gasteiger partial charge in [0.15, 0.2) is 5.95 Å². The van der Waals surface area contributed by atoms with Crippen LogP contribution in [-0.4, -0.2) is 30.7 Å². The number of hydrogen-bond acceptors (Lipinski definition) is 1. The van der Waals surface area contributed by atoms with Crippen molar-refractivity contribution in [3.05, 3.63) is 29.7 Å². The summed E-state index contributed by atoms with van der Waals surface area (Å²) in [6, 6.07) is 5.06. The number of fused-ring (bicyclic) bond motifs is 1. The highest BCUT2D eigenvalue weighted by molar-refractivity contribution is 5.89. The number of aromatic nitrogens is 1. The third-order valence-electron chi connectivity index (χ3n) is 2.73. The number of H-pyrrole nitrogens is 1. The van der Waals surface area contributed by atoms with Gasteiger partial charge in [0, 0.05) is 17.4 Å². The summed E-state index contributed by atoms with van der Waals surface area (Å²) in [6.07, 6.45) is 0.617. The summed E-state index contributed by atoms with van der Waals surface area (Å²) in [5.41, 5.74) is 1.23. The summed E-state index contributed by atoms with van der Waals surface area (Å²) >= 11 is 0. The molecule has 86 valence electrons. The van der Waals surface area contributed by atoms with Crippen molar-refractivity contribution < 1.29 is 14.4 Å². The Labute approximate surface area is 93.5 Å². The second-order valence-electron chi connectivity index (χ2n) is 4.32. The molecule has 0 atom stereocenters. The van der Waals surface area contributed by atoms with Crippen LogP contribution < -0.4 is 4.90 Å². The number of benzene rings is 1. The average Bonchev–Trinajstić information content (AvgIpc) is 2.52. The van der Waals surface area contributed by atoms with Crippen molar-refractivity contribution >= 4 is 10.9 Å². The second kappa shape index (κ2) is 4.14. The number of phenolic OH excluding ortho intramolecular Hbond substituents is 1. The highest BCUT2D eigenvalue weighted by Crippen LogP contribution is 2.29. The van der Waals surface area contributed by atoms with Crippen LogP contribution >= 0.6 is 0 Å². The predicted molar refractivity (Wildman–Crippen MR) is 61.3 cm³/mol. The maximum atomic E-state index is 13.7. The smallest absolute Gasteiger partial charge is 0.195 e. The third-order valence-corrected chi connectivity index (χ3v) is 2.73. The Hall–Kier alpha value is -1.55. The van der Waals surface area contributed by atoms with Gasteiger partial charge < -0.3 is 15.0 Å². The van der Waals surface area contributed by atoms with E-state index in [1.54, 1.807) is 18.2 Å². The molecule has 0 fully saturated rings. The van der Waals surface area contributed by atoms with Crippen molar-refractivity contribution in [3.8, 4) is 5.75 Å². The Morgan fingerprint density at radius 1 is 1.38 bits per heavy atom. The number of likely N-dealkylation sites (N-methyl/N-ethyl adjacent to an activating group) is 1. The normalized spacial score (nSPS) is 11.5. The zero-order valence-corrected chi connectivity index (χ0v) is 9.47. The van der Waals surface area contributed by atoms with Crippen LogP contribution in [0.15, 0.2) is 18.2 Å². The molecule has 0 aliphatic heterocycles. The van der Waals surface area contributed by atoms with Crippen LogP contribution in [0.1, 0.15) is 5.56 Å². The van der Waals surface area contributed by atoms with E-state index in [0.29, 0.717) is 22.9 Å². The van der Waals surface area contributed by atoms with Gasteiger partial charge in [0.25, 0.3) is 0 Å². The molecule has 16 heavy (non-hydrogen) atoms. The fourth-order valence-electron chi connectivity index (χ4n) is 1.87. The first-order valence-corrected chi connectivity index (χ1v) is 5.36. The van der Waals surface area contributed by atoms with Gasteiger partial charge in [-0.15, -0.1) is 0 Å². The minimum absolute atomic E-state index is 0.140. The largest absolute Gasteiger partial charge is 0.507 e. The first-order chi connectivity index (χ1) is 7.59. The van der Waals surface area contributed by atoms with Crippen LogP contribution in [0.25, 0.3) is 10.9 Å². The molecule has 3 N–H and O–H groups in total. The molecule has 0 amide bonds. The Morgan fingerprint density at radius 3 is 2.81 bits per heavy atom. The molecular formula is C12H16FN2O+. The summed E-state index contributed by atoms with van der Waals surface area (Å²) in [4.78, 5) is 3.91. The second-order valence-corrected chi connectivity index (χ2v) is 4.32. The van der Waals surface area contributed by atoms with E-state index >= 15 is 0 Å². The Morgan fingerprint density at radius 2 is 2.12 bits per heavy atom. The summed E-state index contributed by atoms with van der Waals surface area (Å²) in [7, 11) is 4.04. The standard InChI is InChI=1S/C12H15FN2O/c1-15(2)7-6-8-11-9(14-12(8)13)4-3-5-10(11)16/h3-5,14,16H,6-7H2,1-2H3/p+1. The molecule has 0 aliphatic rings. The lowest BCUT2D eigenvalue weighted by Crippen LogP contribution is -3.06. The quantitative estimate of drug-likeness (QED) is 0.704. The molecular weight excluding hydrogens is 207 g/mol. The fourth-order valence-corrected chi connectivity index (χ4v) is 1.87. The number of quaternary nitrogens is 1. The fraction of sp³-hybridized carbons (Fsp3) is 0.333. The zero-order chi connectivity index (χ0) is 11.7. The summed E-state index contributed by atoms with van der Waals surface area (Å²) in [5.74, 6) is -0.195. The van der Waals surface area contributed by atoms with E-state index in [-0.39, 0.29) is 11.7 Å². The Balaban J connectivity index is 2.46. The predicted octanol–water partition coefficient (Wildman–Crippen LogP) is 0.700. The van der Waals surface area contributed by atoms with Crippen LogP contribution in [-0.2, 0) is 6.42 Å². The lowest BCUT2D eigenvalue weighted by atomic mass is 10.1. The molecule has 0 saturated heterocycles. The molecule has 0 radical (unpaired) electrons. The van der Waals surface area contributed by atoms with Crippen LogP contribution in [0.3, 0.4) is 0 Å². The summed E-state index contributed by atoms with van der Waals surface area (Å²) < 4.78 is 13.7. The number of phenols is 1. The highest BCUT2D eigenvalue weighted by Gasteiger charge is 2.14. The van der Waals surface area contributed by atoms with Gasteiger partial charge in [0.2, 0.25) is 0 Å². The number of halogens is 1. The van der Waals surface area contributed by atoms with Gasteiger partial charge in [0.05, 0.1) is 26.2 Å². The molecule has 0 bridgehead atoms. The van der Waals surface area contributed by atoms with Crippen LogP contribution in [0.2, 0.25) is 0 Å². The van der Waals surface area contributed by atoms with E-state index in [0.717, 1.165) is 6.54 Å². The van der Waals surface area contributed by atoms with Crippen LogP contribution in [0.4, 0.5) is 4.39 Å². The Bertz CT molecular complexity index is 505. The van der Waals surface area contributed by atoms with Gasteiger partial charge >= 0.3 is 0 Å². The maximum Gasteiger partial charge on any atom is 0.195 e. The van der Waals surface area contributed by atoms with E-state index in [4.69, 9.17) is 0 Å². The van der Waals surface area contributed by atoms with Gasteiger partial charge in [-0.25, -0.2) is 0 Å². The number of hydrogen-bond donors (Lipinski definition) is 3.